The molecule has 6 heteroatoms. The van der Waals surface area contributed by atoms with Crippen molar-refractivity contribution in [2.75, 3.05) is 23.7 Å². The molecule has 0 heterocycles. The summed E-state index contributed by atoms with van der Waals surface area (Å²) in [5.74, 6) is 0. The Hall–Kier alpha value is -4.58. The lowest BCUT2D eigenvalue weighted by Crippen LogP contribution is -2.34. The number of carbonyl (C=O) groups is 2. The Kier molecular flexibility index (Phi) is 9.73. The predicted octanol–water partition coefficient (Wildman–Crippen LogP) is 7.39. The Morgan fingerprint density at radius 3 is 1.21 bits per heavy atom. The first-order chi connectivity index (χ1) is 19.0. The molecule has 4 aromatic rings. The molecule has 0 radical (unpaired) electrons. The molecule has 0 saturated heterocycles. The molecule has 4 amide bonds. The summed E-state index contributed by atoms with van der Waals surface area (Å²) in [7, 11) is 0. The molecule has 4 rings (SSSR count). The molecule has 0 aliphatic carbocycles. The molecule has 0 aliphatic rings. The maximum absolute atomic E-state index is 12.8. The van der Waals surface area contributed by atoms with E-state index in [0.29, 0.717) is 26.2 Å². The smallest absolute Gasteiger partial charge is 0.320 e. The van der Waals surface area contributed by atoms with Gasteiger partial charge in [-0.1, -0.05) is 84.9 Å². The Labute approximate surface area is 231 Å². The first kappa shape index (κ1) is 27.5. The topological polar surface area (TPSA) is 64.7 Å². The van der Waals surface area contributed by atoms with Gasteiger partial charge in [0.15, 0.2) is 0 Å². The van der Waals surface area contributed by atoms with Crippen LogP contribution in [0.5, 0.6) is 0 Å². The van der Waals surface area contributed by atoms with Crippen molar-refractivity contribution >= 4 is 23.4 Å². The van der Waals surface area contributed by atoms with Gasteiger partial charge in [0.2, 0.25) is 0 Å². The van der Waals surface area contributed by atoms with Crippen molar-refractivity contribution in [1.82, 2.24) is 9.80 Å². The molecule has 0 aromatic heterocycles. The number of hydrogen-bond donors (Lipinski definition) is 2. The van der Waals surface area contributed by atoms with E-state index in [4.69, 9.17) is 0 Å². The van der Waals surface area contributed by atoms with Crippen LogP contribution in [0, 0.1) is 0 Å². The third-order valence-electron chi connectivity index (χ3n) is 6.59. The largest absolute Gasteiger partial charge is 0.322 e. The first-order valence-electron chi connectivity index (χ1n) is 13.4. The van der Waals surface area contributed by atoms with Crippen LogP contribution in [0.25, 0.3) is 0 Å². The standard InChI is InChI=1S/C33H36N4O2/c1-3-36(24-28-11-7-5-8-12-28)32(38)34-30-19-15-26(16-20-30)23-27-17-21-31(22-18-27)35-33(39)37(4-2)25-29-13-9-6-10-14-29/h5-22H,3-4,23-25H2,1-2H3,(H,34,38)(H,35,39). The number of nitrogens with one attached hydrogen (secondary N) is 2. The molecular weight excluding hydrogens is 484 g/mol. The van der Waals surface area contributed by atoms with Gasteiger partial charge in [-0.15, -0.1) is 0 Å². The molecular formula is C33H36N4O2. The molecule has 39 heavy (non-hydrogen) atoms. The molecule has 4 aromatic carbocycles. The zero-order valence-corrected chi connectivity index (χ0v) is 22.6. The van der Waals surface area contributed by atoms with Crippen molar-refractivity contribution in [1.29, 1.82) is 0 Å². The fourth-order valence-corrected chi connectivity index (χ4v) is 4.31. The lowest BCUT2D eigenvalue weighted by Gasteiger charge is -2.21. The van der Waals surface area contributed by atoms with Gasteiger partial charge in [0.25, 0.3) is 0 Å². The molecule has 2 N–H and O–H groups in total. The van der Waals surface area contributed by atoms with Gasteiger partial charge in [-0.05, 0) is 66.8 Å². The van der Waals surface area contributed by atoms with Gasteiger partial charge in [0, 0.05) is 37.6 Å². The fourth-order valence-electron chi connectivity index (χ4n) is 4.31. The van der Waals surface area contributed by atoms with Crippen LogP contribution in [0.1, 0.15) is 36.1 Å². The minimum atomic E-state index is -0.114. The molecule has 200 valence electrons. The van der Waals surface area contributed by atoms with Crippen molar-refractivity contribution in [2.24, 2.45) is 0 Å². The Bertz CT molecular complexity index is 1220. The molecule has 0 spiro atoms. The van der Waals surface area contributed by atoms with Gasteiger partial charge in [-0.2, -0.15) is 0 Å². The van der Waals surface area contributed by atoms with E-state index >= 15 is 0 Å². The average Bonchev–Trinajstić information content (AvgIpc) is 2.97. The summed E-state index contributed by atoms with van der Waals surface area (Å²) in [6, 6.07) is 35.6. The average molecular weight is 521 g/mol. The Morgan fingerprint density at radius 2 is 0.872 bits per heavy atom. The van der Waals surface area contributed by atoms with E-state index in [0.717, 1.165) is 40.0 Å². The lowest BCUT2D eigenvalue weighted by atomic mass is 10.0. The molecule has 0 unspecified atom stereocenters. The number of nitrogens with zero attached hydrogens (tertiary/aromatic N) is 2. The van der Waals surface area contributed by atoms with Crippen molar-refractivity contribution in [2.45, 2.75) is 33.4 Å². The highest BCUT2D eigenvalue weighted by atomic mass is 16.2. The van der Waals surface area contributed by atoms with E-state index in [9.17, 15) is 9.59 Å². The number of rotatable bonds is 10. The van der Waals surface area contributed by atoms with E-state index in [-0.39, 0.29) is 12.1 Å². The van der Waals surface area contributed by atoms with Gasteiger partial charge in [0.1, 0.15) is 0 Å². The third kappa shape index (κ3) is 8.20. The minimum absolute atomic E-state index is 0.114. The molecule has 0 fully saturated rings. The SMILES string of the molecule is CCN(Cc1ccccc1)C(=O)Nc1ccc(Cc2ccc(NC(=O)N(CC)Cc3ccccc3)cc2)cc1. The van der Waals surface area contributed by atoms with E-state index in [1.54, 1.807) is 9.80 Å². The van der Waals surface area contributed by atoms with Crippen molar-refractivity contribution in [3.05, 3.63) is 131 Å². The van der Waals surface area contributed by atoms with E-state index in [1.807, 2.05) is 123 Å². The monoisotopic (exact) mass is 520 g/mol. The highest BCUT2D eigenvalue weighted by molar-refractivity contribution is 5.90. The second-order valence-corrected chi connectivity index (χ2v) is 9.43. The zero-order valence-electron chi connectivity index (χ0n) is 22.6. The highest BCUT2D eigenvalue weighted by Gasteiger charge is 2.13. The quantitative estimate of drug-likeness (QED) is 0.229. The lowest BCUT2D eigenvalue weighted by molar-refractivity contribution is 0.211. The second-order valence-electron chi connectivity index (χ2n) is 9.43. The normalized spacial score (nSPS) is 10.5. The summed E-state index contributed by atoms with van der Waals surface area (Å²) in [6.07, 6.45) is 0.757. The summed E-state index contributed by atoms with van der Waals surface area (Å²) >= 11 is 0. The predicted molar refractivity (Wildman–Crippen MR) is 159 cm³/mol. The first-order valence-corrected chi connectivity index (χ1v) is 13.4. The number of carbonyl (C=O) groups excluding carboxylic acids is 2. The van der Waals surface area contributed by atoms with Gasteiger partial charge in [-0.3, -0.25) is 0 Å². The number of hydrogen-bond acceptors (Lipinski definition) is 2. The molecule has 0 aliphatic heterocycles. The summed E-state index contributed by atoms with van der Waals surface area (Å²) in [5, 5.41) is 6.00. The summed E-state index contributed by atoms with van der Waals surface area (Å²) < 4.78 is 0. The summed E-state index contributed by atoms with van der Waals surface area (Å²) in [4.78, 5) is 29.1. The minimum Gasteiger partial charge on any atom is -0.320 e. The zero-order chi connectivity index (χ0) is 27.5. The Balaban J connectivity index is 1.28. The summed E-state index contributed by atoms with van der Waals surface area (Å²) in [5.41, 5.74) is 6.02. The van der Waals surface area contributed by atoms with Crippen LogP contribution in [0.4, 0.5) is 21.0 Å². The Morgan fingerprint density at radius 1 is 0.513 bits per heavy atom. The summed E-state index contributed by atoms with van der Waals surface area (Å²) in [6.45, 7) is 6.35. The second kappa shape index (κ2) is 13.8. The van der Waals surface area contributed by atoms with Gasteiger partial charge < -0.3 is 20.4 Å². The van der Waals surface area contributed by atoms with Crippen LogP contribution >= 0.6 is 0 Å². The van der Waals surface area contributed by atoms with Gasteiger partial charge in [-0.25, -0.2) is 9.59 Å². The number of benzene rings is 4. The van der Waals surface area contributed by atoms with E-state index < -0.39 is 0 Å². The van der Waals surface area contributed by atoms with Crippen LogP contribution in [0.3, 0.4) is 0 Å². The molecule has 0 bridgehead atoms. The maximum atomic E-state index is 12.8. The number of anilines is 2. The van der Waals surface area contributed by atoms with Crippen molar-refractivity contribution in [3.63, 3.8) is 0 Å². The number of amides is 4. The van der Waals surface area contributed by atoms with Crippen LogP contribution < -0.4 is 10.6 Å². The van der Waals surface area contributed by atoms with Gasteiger partial charge in [0.05, 0.1) is 0 Å². The van der Waals surface area contributed by atoms with Crippen LogP contribution in [0.15, 0.2) is 109 Å². The van der Waals surface area contributed by atoms with Crippen LogP contribution in [-0.2, 0) is 19.5 Å². The molecule has 0 atom stereocenters. The van der Waals surface area contributed by atoms with E-state index in [2.05, 4.69) is 10.6 Å². The van der Waals surface area contributed by atoms with Gasteiger partial charge >= 0.3 is 12.1 Å². The van der Waals surface area contributed by atoms with Crippen LogP contribution in [0.2, 0.25) is 0 Å². The maximum Gasteiger partial charge on any atom is 0.322 e. The molecule has 6 nitrogen and oxygen atoms in total. The van der Waals surface area contributed by atoms with E-state index in [1.165, 1.54) is 0 Å². The number of urea groups is 2. The fraction of sp³-hybridized carbons (Fsp3) is 0.212. The molecule has 0 saturated carbocycles. The van der Waals surface area contributed by atoms with Crippen molar-refractivity contribution in [3.8, 4) is 0 Å². The van der Waals surface area contributed by atoms with Crippen LogP contribution in [-0.4, -0.2) is 35.0 Å². The highest BCUT2D eigenvalue weighted by Crippen LogP contribution is 2.17. The third-order valence-corrected chi connectivity index (χ3v) is 6.59. The van der Waals surface area contributed by atoms with Crippen molar-refractivity contribution < 1.29 is 9.59 Å².